The molecule has 236 valence electrons. The van der Waals surface area contributed by atoms with E-state index in [1.54, 1.807) is 4.90 Å². The summed E-state index contributed by atoms with van der Waals surface area (Å²) in [4.78, 5) is 71.8. The van der Waals surface area contributed by atoms with Crippen LogP contribution in [0.4, 0.5) is 9.59 Å². The van der Waals surface area contributed by atoms with Gasteiger partial charge >= 0.3 is 12.1 Å². The van der Waals surface area contributed by atoms with Crippen molar-refractivity contribution in [2.45, 2.75) is 88.6 Å². The number of rotatable bonds is 5. The number of carbonyl (C=O) groups excluding carboxylic acids is 5. The third kappa shape index (κ3) is 4.89. The molecule has 14 heteroatoms. The van der Waals surface area contributed by atoms with Crippen molar-refractivity contribution in [1.82, 2.24) is 19.6 Å². The molecular weight excluding hydrogens is 576 g/mol. The Morgan fingerprint density at radius 2 is 1.44 bits per heavy atom. The van der Waals surface area contributed by atoms with Crippen LogP contribution < -0.4 is 11.5 Å². The van der Waals surface area contributed by atoms with Gasteiger partial charge in [-0.1, -0.05) is 6.42 Å². The number of hydrogen-bond donors (Lipinski definition) is 2. The van der Waals surface area contributed by atoms with E-state index < -0.39 is 39.3 Å². The van der Waals surface area contributed by atoms with Crippen LogP contribution >= 0.6 is 0 Å². The maximum Gasteiger partial charge on any atom is 0.334 e. The second-order valence-electron chi connectivity index (χ2n) is 13.8. The van der Waals surface area contributed by atoms with E-state index in [0.29, 0.717) is 64.3 Å². The highest BCUT2D eigenvalue weighted by molar-refractivity contribution is 7.91. The van der Waals surface area contributed by atoms with Crippen molar-refractivity contribution in [2.24, 2.45) is 28.7 Å². The van der Waals surface area contributed by atoms with Crippen LogP contribution in [-0.2, 0) is 24.2 Å². The quantitative estimate of drug-likeness (QED) is 0.260. The number of sulfone groups is 1. The standard InChI is InChI=1S/C29H42N6O7S/c1-32-25(38)29(34(26(32)39)15-19-6-3-12-43(41,42)13-9-19)16-28(17-29)10-7-20(8-11-28)35-24(37)21(22(30)31)23(36)33(27(35)40)14-18-4-2-5-18/h18-20H,2-17,30-31H2,1H3/t19-,20?,28?,29?/m0/s1. The Bertz CT molecular complexity index is 1390. The number of carbonyl (C=O) groups is 5. The van der Waals surface area contributed by atoms with Crippen LogP contribution in [0.5, 0.6) is 0 Å². The number of imide groups is 3. The van der Waals surface area contributed by atoms with Crippen LogP contribution in [0.15, 0.2) is 11.4 Å². The summed E-state index contributed by atoms with van der Waals surface area (Å²) < 4.78 is 24.3. The molecule has 3 aliphatic heterocycles. The normalized spacial score (nSPS) is 35.1. The lowest BCUT2D eigenvalue weighted by Gasteiger charge is -2.59. The molecule has 7 amide bonds. The Morgan fingerprint density at radius 1 is 0.814 bits per heavy atom. The van der Waals surface area contributed by atoms with Gasteiger partial charge in [-0.05, 0) is 87.9 Å². The first-order chi connectivity index (χ1) is 20.3. The van der Waals surface area contributed by atoms with E-state index in [9.17, 15) is 32.4 Å². The van der Waals surface area contributed by atoms with Crippen LogP contribution in [0.3, 0.4) is 0 Å². The minimum absolute atomic E-state index is 0.0173. The fourth-order valence-corrected chi connectivity index (χ4v) is 9.93. The summed E-state index contributed by atoms with van der Waals surface area (Å²) in [5, 5.41) is 0. The van der Waals surface area contributed by atoms with Gasteiger partial charge in [0.05, 0.1) is 11.5 Å². The highest BCUT2D eigenvalue weighted by Crippen LogP contribution is 2.61. The summed E-state index contributed by atoms with van der Waals surface area (Å²) in [7, 11) is -1.57. The molecule has 6 rings (SSSR count). The highest BCUT2D eigenvalue weighted by Gasteiger charge is 2.68. The second kappa shape index (κ2) is 10.5. The molecule has 3 heterocycles. The van der Waals surface area contributed by atoms with Crippen molar-refractivity contribution < 1.29 is 32.4 Å². The van der Waals surface area contributed by atoms with E-state index in [0.717, 1.165) is 24.2 Å². The van der Waals surface area contributed by atoms with Gasteiger partial charge in [-0.15, -0.1) is 0 Å². The molecule has 6 fully saturated rings. The third-order valence-electron chi connectivity index (χ3n) is 11.1. The summed E-state index contributed by atoms with van der Waals surface area (Å²) in [6, 6.07) is -1.38. The number of hydrogen-bond acceptors (Lipinski definition) is 9. The molecule has 6 aliphatic rings. The smallest absolute Gasteiger partial charge is 0.334 e. The van der Waals surface area contributed by atoms with Gasteiger partial charge in [0.25, 0.3) is 17.7 Å². The maximum absolute atomic E-state index is 13.5. The zero-order chi connectivity index (χ0) is 30.9. The second-order valence-corrected chi connectivity index (χ2v) is 16.1. The Hall–Kier alpha value is -3.16. The van der Waals surface area contributed by atoms with Crippen molar-refractivity contribution >= 4 is 39.6 Å². The average molecular weight is 619 g/mol. The lowest BCUT2D eigenvalue weighted by Crippen LogP contribution is -2.66. The maximum atomic E-state index is 13.5. The molecule has 3 aliphatic carbocycles. The zero-order valence-corrected chi connectivity index (χ0v) is 25.6. The van der Waals surface area contributed by atoms with Crippen molar-refractivity contribution in [3.8, 4) is 0 Å². The Balaban J connectivity index is 1.15. The van der Waals surface area contributed by atoms with Crippen molar-refractivity contribution in [2.75, 3.05) is 31.6 Å². The number of likely N-dealkylation sites (N-methyl/N-ethyl adjacent to an activating group) is 1. The molecule has 3 saturated heterocycles. The molecule has 43 heavy (non-hydrogen) atoms. The number of barbiturate groups is 1. The van der Waals surface area contributed by atoms with Crippen LogP contribution in [0, 0.1) is 17.3 Å². The average Bonchev–Trinajstić information content (AvgIpc) is 3.00. The lowest BCUT2D eigenvalue weighted by molar-refractivity contribution is -0.151. The fourth-order valence-electron chi connectivity index (χ4n) is 8.43. The Morgan fingerprint density at radius 3 is 2.05 bits per heavy atom. The number of nitrogens with zero attached hydrogens (tertiary/aromatic N) is 4. The van der Waals surface area contributed by atoms with Gasteiger partial charge in [-0.3, -0.25) is 29.1 Å². The number of urea groups is 2. The molecule has 0 aromatic heterocycles. The summed E-state index contributed by atoms with van der Waals surface area (Å²) in [6.07, 6.45) is 7.96. The molecule has 2 spiro atoms. The van der Waals surface area contributed by atoms with Crippen molar-refractivity contribution in [3.05, 3.63) is 11.4 Å². The Labute approximate surface area is 251 Å². The van der Waals surface area contributed by atoms with Gasteiger partial charge in [0.1, 0.15) is 26.8 Å². The first kappa shape index (κ1) is 29.9. The first-order valence-electron chi connectivity index (χ1n) is 15.5. The van der Waals surface area contributed by atoms with Crippen LogP contribution in [0.1, 0.15) is 77.0 Å². The zero-order valence-electron chi connectivity index (χ0n) is 24.8. The molecule has 3 saturated carbocycles. The van der Waals surface area contributed by atoms with Crippen molar-refractivity contribution in [1.29, 1.82) is 0 Å². The molecule has 1 atom stereocenters. The minimum Gasteiger partial charge on any atom is -0.385 e. The van der Waals surface area contributed by atoms with E-state index in [-0.39, 0.29) is 58.6 Å². The van der Waals surface area contributed by atoms with Crippen LogP contribution in [-0.4, -0.2) is 101 Å². The topological polar surface area (TPSA) is 184 Å². The molecule has 0 aromatic carbocycles. The lowest BCUT2D eigenvalue weighted by atomic mass is 9.51. The molecule has 0 bridgehead atoms. The predicted octanol–water partition coefficient (Wildman–Crippen LogP) is 1.28. The first-order valence-corrected chi connectivity index (χ1v) is 17.3. The van der Waals surface area contributed by atoms with E-state index in [1.807, 2.05) is 0 Å². The summed E-state index contributed by atoms with van der Waals surface area (Å²) in [6.45, 7) is 0.601. The molecule has 0 radical (unpaired) electrons. The van der Waals surface area contributed by atoms with Crippen LogP contribution in [0.25, 0.3) is 0 Å². The van der Waals surface area contributed by atoms with E-state index in [2.05, 4.69) is 0 Å². The third-order valence-corrected chi connectivity index (χ3v) is 12.8. The van der Waals surface area contributed by atoms with E-state index in [4.69, 9.17) is 11.5 Å². The molecule has 4 N–H and O–H groups in total. The van der Waals surface area contributed by atoms with Crippen LogP contribution in [0.2, 0.25) is 0 Å². The van der Waals surface area contributed by atoms with Gasteiger partial charge in [0, 0.05) is 26.2 Å². The van der Waals surface area contributed by atoms with Gasteiger partial charge in [-0.25, -0.2) is 18.0 Å². The van der Waals surface area contributed by atoms with E-state index >= 15 is 0 Å². The SMILES string of the molecule is CN1C(=O)N(C[C@H]2CCCS(=O)(=O)CC2)C2(CC3(CCC(N4C(=O)C(=C(N)N)C(=O)N(CC5CCC5)C4=O)CC3)C2)C1=O. The van der Waals surface area contributed by atoms with Gasteiger partial charge in [0.2, 0.25) is 0 Å². The minimum atomic E-state index is -3.08. The Kier molecular flexibility index (Phi) is 7.29. The molecule has 13 nitrogen and oxygen atoms in total. The predicted molar refractivity (Wildman–Crippen MR) is 154 cm³/mol. The molecule has 0 aromatic rings. The van der Waals surface area contributed by atoms with Gasteiger partial charge in [-0.2, -0.15) is 0 Å². The summed E-state index contributed by atoms with van der Waals surface area (Å²) in [5.74, 6) is -1.60. The monoisotopic (exact) mass is 618 g/mol. The van der Waals surface area contributed by atoms with Crippen molar-refractivity contribution in [3.63, 3.8) is 0 Å². The summed E-state index contributed by atoms with van der Waals surface area (Å²) in [5.41, 5.74) is 10.0. The molecule has 0 unspecified atom stereocenters. The van der Waals surface area contributed by atoms with Gasteiger partial charge < -0.3 is 16.4 Å². The number of amides is 7. The fraction of sp³-hybridized carbons (Fsp3) is 0.759. The largest absolute Gasteiger partial charge is 0.385 e. The highest BCUT2D eigenvalue weighted by atomic mass is 32.2. The van der Waals surface area contributed by atoms with E-state index in [1.165, 1.54) is 16.8 Å². The number of nitrogens with two attached hydrogens (primary N) is 2. The summed E-state index contributed by atoms with van der Waals surface area (Å²) >= 11 is 0. The van der Waals surface area contributed by atoms with Gasteiger partial charge in [0.15, 0.2) is 0 Å². The molecular formula is C29H42N6O7S.